The van der Waals surface area contributed by atoms with Gasteiger partial charge in [-0.15, -0.1) is 0 Å². The first-order valence-corrected chi connectivity index (χ1v) is 6.69. The Kier molecular flexibility index (Phi) is 4.43. The van der Waals surface area contributed by atoms with Gasteiger partial charge < -0.3 is 5.32 Å². The fourth-order valence-electron chi connectivity index (χ4n) is 2.18. The Hall–Kier alpha value is -2.26. The lowest BCUT2D eigenvalue weighted by Crippen LogP contribution is -2.32. The van der Waals surface area contributed by atoms with Crippen LogP contribution >= 0.6 is 0 Å². The van der Waals surface area contributed by atoms with E-state index in [1.807, 2.05) is 31.2 Å². The molecule has 20 heavy (non-hydrogen) atoms. The molecule has 1 heterocycles. The monoisotopic (exact) mass is 267 g/mol. The molecule has 104 valence electrons. The zero-order valence-electron chi connectivity index (χ0n) is 11.9. The minimum absolute atomic E-state index is 0.823. The van der Waals surface area contributed by atoms with Crippen LogP contribution in [0.15, 0.2) is 78.3 Å². The van der Waals surface area contributed by atoms with E-state index in [2.05, 4.69) is 30.6 Å². The van der Waals surface area contributed by atoms with Gasteiger partial charge in [-0.25, -0.2) is 5.84 Å². The van der Waals surface area contributed by atoms with Gasteiger partial charge in [0.15, 0.2) is 0 Å². The molecule has 0 fully saturated rings. The van der Waals surface area contributed by atoms with E-state index in [0.717, 1.165) is 35.5 Å². The maximum Gasteiger partial charge on any atom is 0.0828 e. The molecule has 0 unspecified atom stereocenters. The molecule has 3 heteroatoms. The summed E-state index contributed by atoms with van der Waals surface area (Å²) in [5.74, 6) is 5.96. The van der Waals surface area contributed by atoms with Crippen LogP contribution in [0, 0.1) is 0 Å². The molecule has 0 aliphatic carbocycles. The van der Waals surface area contributed by atoms with Gasteiger partial charge in [-0.2, -0.15) is 0 Å². The fraction of sp³-hybridized carbons (Fsp3) is 0.176. The van der Waals surface area contributed by atoms with Gasteiger partial charge in [0.2, 0.25) is 0 Å². The SMILES string of the molecule is C=C1C=CN(N)C(C(=C)NCCc2ccccc2)=C1C. The molecular weight excluding hydrogens is 246 g/mol. The van der Waals surface area contributed by atoms with Gasteiger partial charge in [0.1, 0.15) is 0 Å². The number of nitrogens with two attached hydrogens (primary N) is 1. The summed E-state index contributed by atoms with van der Waals surface area (Å²) >= 11 is 0. The fourth-order valence-corrected chi connectivity index (χ4v) is 2.18. The Morgan fingerprint density at radius 2 is 2.00 bits per heavy atom. The molecule has 0 radical (unpaired) electrons. The van der Waals surface area contributed by atoms with Crippen molar-refractivity contribution in [2.75, 3.05) is 6.54 Å². The first-order valence-electron chi connectivity index (χ1n) is 6.69. The van der Waals surface area contributed by atoms with Crippen LogP contribution < -0.4 is 11.2 Å². The van der Waals surface area contributed by atoms with Crippen molar-refractivity contribution in [2.24, 2.45) is 5.84 Å². The first kappa shape index (κ1) is 14.2. The van der Waals surface area contributed by atoms with E-state index < -0.39 is 0 Å². The molecule has 0 spiro atoms. The molecule has 3 N–H and O–H groups in total. The summed E-state index contributed by atoms with van der Waals surface area (Å²) in [6, 6.07) is 10.4. The number of nitrogens with zero attached hydrogens (tertiary/aromatic N) is 1. The lowest BCUT2D eigenvalue weighted by atomic mass is 10.0. The van der Waals surface area contributed by atoms with Gasteiger partial charge in [-0.3, -0.25) is 5.01 Å². The van der Waals surface area contributed by atoms with Crippen LogP contribution in [0.1, 0.15) is 12.5 Å². The van der Waals surface area contributed by atoms with Crippen LogP contribution in [0.4, 0.5) is 0 Å². The summed E-state index contributed by atoms with van der Waals surface area (Å²) in [6.45, 7) is 10.9. The Balaban J connectivity index is 1.95. The van der Waals surface area contributed by atoms with Crippen molar-refractivity contribution in [3.63, 3.8) is 0 Å². The van der Waals surface area contributed by atoms with E-state index in [0.29, 0.717) is 0 Å². The number of hydrazine groups is 1. The van der Waals surface area contributed by atoms with Crippen LogP contribution in [0.25, 0.3) is 0 Å². The largest absolute Gasteiger partial charge is 0.383 e. The second kappa shape index (κ2) is 6.26. The smallest absolute Gasteiger partial charge is 0.0828 e. The number of hydrogen-bond acceptors (Lipinski definition) is 3. The van der Waals surface area contributed by atoms with Crippen LogP contribution in [-0.4, -0.2) is 11.6 Å². The minimum Gasteiger partial charge on any atom is -0.383 e. The number of nitrogens with one attached hydrogen (secondary N) is 1. The van der Waals surface area contributed by atoms with Gasteiger partial charge in [-0.1, -0.05) is 43.5 Å². The highest BCUT2D eigenvalue weighted by Crippen LogP contribution is 2.24. The van der Waals surface area contributed by atoms with Crippen LogP contribution in [0.3, 0.4) is 0 Å². The summed E-state index contributed by atoms with van der Waals surface area (Å²) in [6.07, 6.45) is 4.65. The van der Waals surface area contributed by atoms with E-state index >= 15 is 0 Å². The molecule has 0 saturated carbocycles. The maximum absolute atomic E-state index is 5.96. The molecule has 2 rings (SSSR count). The molecule has 3 nitrogen and oxygen atoms in total. The lowest BCUT2D eigenvalue weighted by molar-refractivity contribution is 0.481. The molecule has 0 aromatic heterocycles. The van der Waals surface area contributed by atoms with Crippen LogP contribution in [-0.2, 0) is 6.42 Å². The van der Waals surface area contributed by atoms with E-state index in [1.54, 1.807) is 11.2 Å². The number of rotatable bonds is 5. The summed E-state index contributed by atoms with van der Waals surface area (Å²) in [5, 5.41) is 4.92. The Labute approximate surface area is 120 Å². The molecule has 0 atom stereocenters. The summed E-state index contributed by atoms with van der Waals surface area (Å²) < 4.78 is 0. The van der Waals surface area contributed by atoms with Crippen molar-refractivity contribution in [1.29, 1.82) is 0 Å². The number of benzene rings is 1. The highest BCUT2D eigenvalue weighted by atomic mass is 15.4. The topological polar surface area (TPSA) is 41.3 Å². The van der Waals surface area contributed by atoms with Gasteiger partial charge in [0.25, 0.3) is 0 Å². The molecule has 0 amide bonds. The van der Waals surface area contributed by atoms with Crippen LogP contribution in [0.2, 0.25) is 0 Å². The third-order valence-electron chi connectivity index (χ3n) is 3.41. The highest BCUT2D eigenvalue weighted by molar-refractivity contribution is 5.48. The van der Waals surface area contributed by atoms with E-state index in [9.17, 15) is 0 Å². The highest BCUT2D eigenvalue weighted by Gasteiger charge is 2.15. The summed E-state index contributed by atoms with van der Waals surface area (Å²) in [4.78, 5) is 0. The number of allylic oxidation sites excluding steroid dienone is 3. The third-order valence-corrected chi connectivity index (χ3v) is 3.41. The number of hydrogen-bond donors (Lipinski definition) is 2. The normalized spacial score (nSPS) is 14.7. The molecule has 1 aromatic carbocycles. The average molecular weight is 267 g/mol. The summed E-state index contributed by atoms with van der Waals surface area (Å²) in [5.41, 5.74) is 5.04. The molecule has 1 aromatic rings. The van der Waals surface area contributed by atoms with Gasteiger partial charge in [0.05, 0.1) is 11.4 Å². The quantitative estimate of drug-likeness (QED) is 0.806. The predicted molar refractivity (Wildman–Crippen MR) is 84.3 cm³/mol. The van der Waals surface area contributed by atoms with Crippen molar-refractivity contribution in [3.05, 3.63) is 83.9 Å². The van der Waals surface area contributed by atoms with Gasteiger partial charge in [-0.05, 0) is 36.1 Å². The Morgan fingerprint density at radius 3 is 2.70 bits per heavy atom. The Morgan fingerprint density at radius 1 is 1.30 bits per heavy atom. The summed E-state index contributed by atoms with van der Waals surface area (Å²) in [7, 11) is 0. The van der Waals surface area contributed by atoms with E-state index in [1.165, 1.54) is 5.56 Å². The van der Waals surface area contributed by atoms with Crippen molar-refractivity contribution >= 4 is 0 Å². The van der Waals surface area contributed by atoms with Crippen molar-refractivity contribution in [1.82, 2.24) is 10.3 Å². The molecule has 1 aliphatic rings. The van der Waals surface area contributed by atoms with Crippen LogP contribution in [0.5, 0.6) is 0 Å². The van der Waals surface area contributed by atoms with E-state index in [-0.39, 0.29) is 0 Å². The first-order chi connectivity index (χ1) is 9.59. The molecular formula is C17H21N3. The second-order valence-electron chi connectivity index (χ2n) is 4.86. The predicted octanol–water partition coefficient (Wildman–Crippen LogP) is 2.87. The Bertz CT molecular complexity index is 567. The van der Waals surface area contributed by atoms with Crippen molar-refractivity contribution in [3.8, 4) is 0 Å². The second-order valence-corrected chi connectivity index (χ2v) is 4.86. The van der Waals surface area contributed by atoms with Gasteiger partial charge >= 0.3 is 0 Å². The third kappa shape index (κ3) is 3.19. The molecule has 0 bridgehead atoms. The lowest BCUT2D eigenvalue weighted by Gasteiger charge is -2.27. The van der Waals surface area contributed by atoms with Crippen molar-refractivity contribution in [2.45, 2.75) is 13.3 Å². The molecule has 0 saturated heterocycles. The zero-order chi connectivity index (χ0) is 14.5. The van der Waals surface area contributed by atoms with Crippen molar-refractivity contribution < 1.29 is 0 Å². The zero-order valence-corrected chi connectivity index (χ0v) is 11.9. The standard InChI is InChI=1S/C17H21N3/c1-13-10-12-20(18)17(14(13)2)15(3)19-11-9-16-7-5-4-6-8-16/h4-8,10,12,19H,1,3,9,11,18H2,2H3. The van der Waals surface area contributed by atoms with E-state index in [4.69, 9.17) is 5.84 Å². The molecule has 1 aliphatic heterocycles. The average Bonchev–Trinajstić information content (AvgIpc) is 2.44. The van der Waals surface area contributed by atoms with Gasteiger partial charge in [0, 0.05) is 12.7 Å². The minimum atomic E-state index is 0.823. The maximum atomic E-state index is 5.96.